The molecule has 118 valence electrons. The Balaban J connectivity index is 2.40. The highest BCUT2D eigenvalue weighted by Gasteiger charge is 2.28. The summed E-state index contributed by atoms with van der Waals surface area (Å²) in [7, 11) is 0. The molecule has 2 aromatic rings. The van der Waals surface area contributed by atoms with Gasteiger partial charge in [0.25, 0.3) is 0 Å². The molecule has 2 heteroatoms. The summed E-state index contributed by atoms with van der Waals surface area (Å²) in [5.41, 5.74) is 3.33. The van der Waals surface area contributed by atoms with Crippen LogP contribution in [-0.2, 0) is 6.42 Å². The van der Waals surface area contributed by atoms with Gasteiger partial charge in [0.05, 0.1) is 0 Å². The van der Waals surface area contributed by atoms with Crippen LogP contribution in [0.1, 0.15) is 63.1 Å². The molecular formula is C20H26O2. The second kappa shape index (κ2) is 5.19. The van der Waals surface area contributed by atoms with Gasteiger partial charge in [0.1, 0.15) is 5.60 Å². The molecule has 0 bridgehead atoms. The van der Waals surface area contributed by atoms with E-state index in [1.807, 2.05) is 0 Å². The van der Waals surface area contributed by atoms with Crippen molar-refractivity contribution in [1.29, 1.82) is 0 Å². The molecule has 0 spiro atoms. The van der Waals surface area contributed by atoms with E-state index in [9.17, 15) is 5.11 Å². The summed E-state index contributed by atoms with van der Waals surface area (Å²) < 4.78 is 6.32. The first-order valence-electron chi connectivity index (χ1n) is 8.27. The number of aryl methyl sites for hydroxylation is 2. The highest BCUT2D eigenvalue weighted by molar-refractivity contribution is 5.95. The number of phenolic OH excluding ortho intramolecular Hbond substituents is 1. The van der Waals surface area contributed by atoms with Gasteiger partial charge in [-0.05, 0) is 68.5 Å². The summed E-state index contributed by atoms with van der Waals surface area (Å²) in [6, 6.07) is 6.47. The predicted molar refractivity (Wildman–Crippen MR) is 92.1 cm³/mol. The fourth-order valence-electron chi connectivity index (χ4n) is 3.52. The second-order valence-electron chi connectivity index (χ2n) is 7.47. The van der Waals surface area contributed by atoms with Crippen LogP contribution in [0.5, 0.6) is 11.5 Å². The van der Waals surface area contributed by atoms with E-state index in [-0.39, 0.29) is 11.5 Å². The molecule has 3 rings (SSSR count). The maximum atomic E-state index is 10.8. The van der Waals surface area contributed by atoms with Crippen LogP contribution in [0.3, 0.4) is 0 Å². The zero-order chi connectivity index (χ0) is 16.1. The Kier molecular flexibility index (Phi) is 3.58. The van der Waals surface area contributed by atoms with Crippen molar-refractivity contribution < 1.29 is 9.84 Å². The minimum Gasteiger partial charge on any atom is -0.504 e. The Morgan fingerprint density at radius 1 is 1.23 bits per heavy atom. The van der Waals surface area contributed by atoms with Crippen LogP contribution in [-0.4, -0.2) is 10.7 Å². The third-order valence-electron chi connectivity index (χ3n) is 4.81. The maximum absolute atomic E-state index is 10.8. The van der Waals surface area contributed by atoms with Crippen molar-refractivity contribution in [3.8, 4) is 11.5 Å². The third-order valence-corrected chi connectivity index (χ3v) is 4.81. The minimum atomic E-state index is -0.249. The lowest BCUT2D eigenvalue weighted by Gasteiger charge is -2.31. The highest BCUT2D eigenvalue weighted by Crippen LogP contribution is 2.46. The van der Waals surface area contributed by atoms with Crippen LogP contribution in [0, 0.1) is 6.92 Å². The third kappa shape index (κ3) is 2.45. The largest absolute Gasteiger partial charge is 0.504 e. The Bertz CT molecular complexity index is 726. The van der Waals surface area contributed by atoms with Gasteiger partial charge in [-0.1, -0.05) is 26.0 Å². The van der Waals surface area contributed by atoms with E-state index < -0.39 is 0 Å². The van der Waals surface area contributed by atoms with E-state index in [2.05, 4.69) is 52.8 Å². The molecule has 0 radical (unpaired) electrons. The van der Waals surface area contributed by atoms with Gasteiger partial charge in [0, 0.05) is 10.9 Å². The number of rotatable bonds is 1. The van der Waals surface area contributed by atoms with Crippen molar-refractivity contribution in [2.45, 2.75) is 65.4 Å². The van der Waals surface area contributed by atoms with Gasteiger partial charge in [-0.25, -0.2) is 0 Å². The number of hydrogen-bond acceptors (Lipinski definition) is 2. The number of phenols is 1. The average Bonchev–Trinajstić information content (AvgIpc) is 2.41. The lowest BCUT2D eigenvalue weighted by molar-refractivity contribution is 0.0934. The van der Waals surface area contributed by atoms with Crippen molar-refractivity contribution in [3.63, 3.8) is 0 Å². The molecule has 2 nitrogen and oxygen atoms in total. The lowest BCUT2D eigenvalue weighted by atomic mass is 9.88. The van der Waals surface area contributed by atoms with Crippen molar-refractivity contribution in [1.82, 2.24) is 0 Å². The molecule has 1 heterocycles. The Morgan fingerprint density at radius 3 is 2.64 bits per heavy atom. The first-order chi connectivity index (χ1) is 10.3. The maximum Gasteiger partial charge on any atom is 0.170 e. The molecule has 0 atom stereocenters. The summed E-state index contributed by atoms with van der Waals surface area (Å²) >= 11 is 0. The van der Waals surface area contributed by atoms with E-state index in [1.54, 1.807) is 0 Å². The molecule has 0 amide bonds. The van der Waals surface area contributed by atoms with Gasteiger partial charge >= 0.3 is 0 Å². The zero-order valence-corrected chi connectivity index (χ0v) is 14.3. The van der Waals surface area contributed by atoms with E-state index >= 15 is 0 Å². The SMILES string of the molecule is Cc1ccc2cc(C(C)C)c(O)c3c2c1CCCC(C)(C)O3. The molecule has 2 aromatic carbocycles. The molecule has 0 aliphatic carbocycles. The smallest absolute Gasteiger partial charge is 0.170 e. The normalized spacial score (nSPS) is 17.2. The molecule has 0 aromatic heterocycles. The summed E-state index contributed by atoms with van der Waals surface area (Å²) in [6.07, 6.45) is 3.15. The molecule has 1 aliphatic rings. The summed E-state index contributed by atoms with van der Waals surface area (Å²) in [4.78, 5) is 0. The standard InChI is InChI=1S/C20H26O2/c1-12(2)16-11-14-9-8-13(3)15-7-6-10-20(4,5)22-19(17(14)15)18(16)21/h8-9,11-12,21H,6-7,10H2,1-5H3. The van der Waals surface area contributed by atoms with Crippen LogP contribution in [0.4, 0.5) is 0 Å². The summed E-state index contributed by atoms with van der Waals surface area (Å²) in [5.74, 6) is 1.27. The molecule has 0 saturated carbocycles. The van der Waals surface area contributed by atoms with Gasteiger partial charge in [-0.15, -0.1) is 0 Å². The molecule has 0 saturated heterocycles. The zero-order valence-electron chi connectivity index (χ0n) is 14.3. The van der Waals surface area contributed by atoms with Crippen molar-refractivity contribution in [2.75, 3.05) is 0 Å². The average molecular weight is 298 g/mol. The molecular weight excluding hydrogens is 272 g/mol. The number of ether oxygens (including phenoxy) is 1. The van der Waals surface area contributed by atoms with E-state index in [0.29, 0.717) is 11.5 Å². The Morgan fingerprint density at radius 2 is 1.95 bits per heavy atom. The first kappa shape index (κ1) is 15.2. The molecule has 1 aliphatic heterocycles. The first-order valence-corrected chi connectivity index (χ1v) is 8.27. The van der Waals surface area contributed by atoms with E-state index in [1.165, 1.54) is 16.5 Å². The molecule has 0 unspecified atom stereocenters. The van der Waals surface area contributed by atoms with E-state index in [0.717, 1.165) is 30.2 Å². The molecule has 0 fully saturated rings. The van der Waals surface area contributed by atoms with Gasteiger partial charge in [0.15, 0.2) is 11.5 Å². The topological polar surface area (TPSA) is 29.5 Å². The van der Waals surface area contributed by atoms with Crippen LogP contribution in [0.2, 0.25) is 0 Å². The lowest BCUT2D eigenvalue weighted by Crippen LogP contribution is -2.29. The van der Waals surface area contributed by atoms with Crippen molar-refractivity contribution >= 4 is 10.8 Å². The summed E-state index contributed by atoms with van der Waals surface area (Å²) in [5, 5.41) is 13.1. The Hall–Kier alpha value is -1.70. The second-order valence-corrected chi connectivity index (χ2v) is 7.47. The molecule has 22 heavy (non-hydrogen) atoms. The van der Waals surface area contributed by atoms with Crippen LogP contribution < -0.4 is 4.74 Å². The molecule has 1 N–H and O–H groups in total. The van der Waals surface area contributed by atoms with Gasteiger partial charge < -0.3 is 9.84 Å². The van der Waals surface area contributed by atoms with Crippen molar-refractivity contribution in [3.05, 3.63) is 34.9 Å². The number of hydrogen-bond donors (Lipinski definition) is 1. The minimum absolute atomic E-state index is 0.249. The van der Waals surface area contributed by atoms with Gasteiger partial charge in [-0.2, -0.15) is 0 Å². The quantitative estimate of drug-likeness (QED) is 0.756. The van der Waals surface area contributed by atoms with Gasteiger partial charge in [-0.3, -0.25) is 0 Å². The van der Waals surface area contributed by atoms with Crippen molar-refractivity contribution in [2.24, 2.45) is 0 Å². The highest BCUT2D eigenvalue weighted by atomic mass is 16.5. The number of benzene rings is 2. The van der Waals surface area contributed by atoms with Gasteiger partial charge in [0.2, 0.25) is 0 Å². The fraction of sp³-hybridized carbons (Fsp3) is 0.500. The van der Waals surface area contributed by atoms with Crippen LogP contribution in [0.25, 0.3) is 10.8 Å². The Labute approximate surface area is 133 Å². The van der Waals surface area contributed by atoms with E-state index in [4.69, 9.17) is 4.74 Å². The number of aromatic hydroxyl groups is 1. The monoisotopic (exact) mass is 298 g/mol. The predicted octanol–water partition coefficient (Wildman–Crippen LogP) is 5.47. The fourth-order valence-corrected chi connectivity index (χ4v) is 3.52. The summed E-state index contributed by atoms with van der Waals surface area (Å²) in [6.45, 7) is 10.6. The van der Waals surface area contributed by atoms with Crippen LogP contribution >= 0.6 is 0 Å². The van der Waals surface area contributed by atoms with Crippen LogP contribution in [0.15, 0.2) is 18.2 Å².